The number of nitrogens with one attached hydrogen (secondary N) is 2. The first-order chi connectivity index (χ1) is 8.66. The highest BCUT2D eigenvalue weighted by molar-refractivity contribution is 5.72. The largest absolute Gasteiger partial charge is 0.490 e. The Bertz CT molecular complexity index is 434. The summed E-state index contributed by atoms with van der Waals surface area (Å²) in [5.74, 6) is 0.0624. The van der Waals surface area contributed by atoms with Crippen LogP contribution in [0.5, 0.6) is 5.75 Å². The van der Waals surface area contributed by atoms with Crippen LogP contribution < -0.4 is 15.4 Å². The number of hydrogen-bond donors (Lipinski definition) is 3. The van der Waals surface area contributed by atoms with Gasteiger partial charge in [0.15, 0.2) is 0 Å². The van der Waals surface area contributed by atoms with Gasteiger partial charge in [-0.25, -0.2) is 0 Å². The molecule has 0 aliphatic carbocycles. The average Bonchev–Trinajstić information content (AvgIpc) is 2.38. The topological polar surface area (TPSA) is 70.6 Å². The maximum atomic E-state index is 10.6. The zero-order chi connectivity index (χ0) is 13.0. The average molecular weight is 250 g/mol. The molecule has 1 heterocycles. The smallest absolute Gasteiger partial charge is 0.320 e. The van der Waals surface area contributed by atoms with Crippen LogP contribution in [0.1, 0.15) is 12.5 Å². The third kappa shape index (κ3) is 3.13. The van der Waals surface area contributed by atoms with E-state index in [4.69, 9.17) is 9.84 Å². The second kappa shape index (κ2) is 5.73. The normalized spacial score (nSPS) is 15.2. The first-order valence-corrected chi connectivity index (χ1v) is 6.12. The Morgan fingerprint density at radius 2 is 2.44 bits per heavy atom. The van der Waals surface area contributed by atoms with Crippen LogP contribution in [-0.4, -0.2) is 36.8 Å². The summed E-state index contributed by atoms with van der Waals surface area (Å²) in [6.07, 6.45) is 0.798. The van der Waals surface area contributed by atoms with Gasteiger partial charge in [0.1, 0.15) is 18.4 Å². The van der Waals surface area contributed by atoms with Crippen molar-refractivity contribution < 1.29 is 14.6 Å². The van der Waals surface area contributed by atoms with Gasteiger partial charge in [0, 0.05) is 6.54 Å². The molecule has 0 amide bonds. The summed E-state index contributed by atoms with van der Waals surface area (Å²) in [4.78, 5) is 10.6. The molecular weight excluding hydrogens is 232 g/mol. The molecular formula is C13H18N2O3. The third-order valence-electron chi connectivity index (χ3n) is 2.95. The molecule has 0 saturated heterocycles. The molecule has 18 heavy (non-hydrogen) atoms. The molecule has 0 fully saturated rings. The van der Waals surface area contributed by atoms with Crippen LogP contribution >= 0.6 is 0 Å². The Labute approximate surface area is 106 Å². The predicted molar refractivity (Wildman–Crippen MR) is 69.2 cm³/mol. The van der Waals surface area contributed by atoms with E-state index in [1.54, 1.807) is 6.92 Å². The maximum absolute atomic E-state index is 10.6. The molecule has 3 N–H and O–H groups in total. The molecule has 0 spiro atoms. The number of hydrogen-bond acceptors (Lipinski definition) is 4. The van der Waals surface area contributed by atoms with Crippen LogP contribution in [0, 0.1) is 0 Å². The molecule has 98 valence electrons. The van der Waals surface area contributed by atoms with Crippen molar-refractivity contribution in [3.8, 4) is 5.75 Å². The van der Waals surface area contributed by atoms with E-state index in [9.17, 15) is 4.79 Å². The number of benzene rings is 1. The van der Waals surface area contributed by atoms with Gasteiger partial charge in [-0.3, -0.25) is 4.79 Å². The van der Waals surface area contributed by atoms with Crippen molar-refractivity contribution in [2.45, 2.75) is 19.4 Å². The van der Waals surface area contributed by atoms with Gasteiger partial charge < -0.3 is 20.5 Å². The molecule has 5 nitrogen and oxygen atoms in total. The van der Waals surface area contributed by atoms with Gasteiger partial charge in [-0.1, -0.05) is 6.07 Å². The van der Waals surface area contributed by atoms with E-state index < -0.39 is 12.0 Å². The van der Waals surface area contributed by atoms with Crippen LogP contribution in [0.4, 0.5) is 5.69 Å². The summed E-state index contributed by atoms with van der Waals surface area (Å²) in [6, 6.07) is 5.52. The van der Waals surface area contributed by atoms with E-state index in [0.717, 1.165) is 30.0 Å². The number of ether oxygens (including phenoxy) is 1. The van der Waals surface area contributed by atoms with Crippen molar-refractivity contribution in [2.24, 2.45) is 0 Å². The van der Waals surface area contributed by atoms with E-state index in [0.29, 0.717) is 13.2 Å². The van der Waals surface area contributed by atoms with Crippen molar-refractivity contribution in [2.75, 3.05) is 25.0 Å². The number of carboxylic acid groups (broad SMARTS) is 1. The number of anilines is 1. The molecule has 1 aliphatic rings. The Morgan fingerprint density at radius 1 is 1.61 bits per heavy atom. The lowest BCUT2D eigenvalue weighted by Crippen LogP contribution is -2.34. The van der Waals surface area contributed by atoms with Crippen LogP contribution in [0.15, 0.2) is 18.2 Å². The molecule has 1 unspecified atom stereocenters. The van der Waals surface area contributed by atoms with Crippen LogP contribution in [0.3, 0.4) is 0 Å². The molecule has 0 aromatic heterocycles. The molecule has 2 rings (SSSR count). The van der Waals surface area contributed by atoms with Gasteiger partial charge in [0.25, 0.3) is 0 Å². The standard InChI is InChI=1S/C13H18N2O3/c1-9(13(16)17)14-5-4-10-2-3-12-11(8-10)15-6-7-18-12/h2-3,8-9,14-15H,4-7H2,1H3,(H,16,17). The first-order valence-electron chi connectivity index (χ1n) is 6.12. The minimum Gasteiger partial charge on any atom is -0.490 e. The predicted octanol–water partition coefficient (Wildman–Crippen LogP) is 1.10. The third-order valence-corrected chi connectivity index (χ3v) is 2.95. The number of aliphatic carboxylic acids is 1. The highest BCUT2D eigenvalue weighted by Crippen LogP contribution is 2.27. The number of carbonyl (C=O) groups is 1. The molecule has 0 saturated carbocycles. The second-order valence-corrected chi connectivity index (χ2v) is 4.37. The van der Waals surface area contributed by atoms with Gasteiger partial charge in [-0.2, -0.15) is 0 Å². The van der Waals surface area contributed by atoms with E-state index in [-0.39, 0.29) is 0 Å². The summed E-state index contributed by atoms with van der Waals surface area (Å²) in [5, 5.41) is 15.0. The van der Waals surface area contributed by atoms with Crippen molar-refractivity contribution in [3.05, 3.63) is 23.8 Å². The highest BCUT2D eigenvalue weighted by atomic mass is 16.5. The molecule has 1 aliphatic heterocycles. The zero-order valence-electron chi connectivity index (χ0n) is 10.4. The van der Waals surface area contributed by atoms with Crippen LogP contribution in [0.2, 0.25) is 0 Å². The Hall–Kier alpha value is -1.75. The first kappa shape index (κ1) is 12.7. The number of carboxylic acids is 1. The molecule has 0 radical (unpaired) electrons. The van der Waals surface area contributed by atoms with E-state index >= 15 is 0 Å². The summed E-state index contributed by atoms with van der Waals surface area (Å²) in [6.45, 7) is 3.81. The van der Waals surface area contributed by atoms with Gasteiger partial charge in [0.2, 0.25) is 0 Å². The molecule has 5 heteroatoms. The number of fused-ring (bicyclic) bond motifs is 1. The van der Waals surface area contributed by atoms with Crippen LogP contribution in [-0.2, 0) is 11.2 Å². The van der Waals surface area contributed by atoms with E-state index in [1.165, 1.54) is 0 Å². The van der Waals surface area contributed by atoms with Gasteiger partial charge >= 0.3 is 5.97 Å². The van der Waals surface area contributed by atoms with Crippen molar-refractivity contribution in [1.82, 2.24) is 5.32 Å². The van der Waals surface area contributed by atoms with Gasteiger partial charge in [-0.15, -0.1) is 0 Å². The molecule has 1 aromatic carbocycles. The summed E-state index contributed by atoms with van der Waals surface area (Å²) in [5.41, 5.74) is 2.18. The maximum Gasteiger partial charge on any atom is 0.320 e. The second-order valence-electron chi connectivity index (χ2n) is 4.37. The fourth-order valence-electron chi connectivity index (χ4n) is 1.86. The molecule has 1 aromatic rings. The van der Waals surface area contributed by atoms with E-state index in [1.807, 2.05) is 12.1 Å². The highest BCUT2D eigenvalue weighted by Gasteiger charge is 2.11. The Morgan fingerprint density at radius 3 is 3.22 bits per heavy atom. The summed E-state index contributed by atoms with van der Waals surface area (Å²) < 4.78 is 5.50. The lowest BCUT2D eigenvalue weighted by molar-refractivity contribution is -0.138. The van der Waals surface area contributed by atoms with Crippen molar-refractivity contribution >= 4 is 11.7 Å². The fraction of sp³-hybridized carbons (Fsp3) is 0.462. The lowest BCUT2D eigenvalue weighted by atomic mass is 10.1. The molecule has 1 atom stereocenters. The SMILES string of the molecule is CC(NCCc1ccc2c(c1)NCCO2)C(=O)O. The summed E-state index contributed by atoms with van der Waals surface area (Å²) >= 11 is 0. The lowest BCUT2D eigenvalue weighted by Gasteiger charge is -2.19. The fourth-order valence-corrected chi connectivity index (χ4v) is 1.86. The van der Waals surface area contributed by atoms with Crippen molar-refractivity contribution in [1.29, 1.82) is 0 Å². The zero-order valence-corrected chi connectivity index (χ0v) is 10.4. The Balaban J connectivity index is 1.88. The minimum absolute atomic E-state index is 0.510. The van der Waals surface area contributed by atoms with Gasteiger partial charge in [0.05, 0.1) is 5.69 Å². The monoisotopic (exact) mass is 250 g/mol. The van der Waals surface area contributed by atoms with Crippen LogP contribution in [0.25, 0.3) is 0 Å². The van der Waals surface area contributed by atoms with Crippen molar-refractivity contribution in [3.63, 3.8) is 0 Å². The quantitative estimate of drug-likeness (QED) is 0.730. The Kier molecular flexibility index (Phi) is 4.04. The molecule has 0 bridgehead atoms. The summed E-state index contributed by atoms with van der Waals surface area (Å²) in [7, 11) is 0. The van der Waals surface area contributed by atoms with E-state index in [2.05, 4.69) is 16.7 Å². The number of rotatable bonds is 5. The van der Waals surface area contributed by atoms with Gasteiger partial charge in [-0.05, 0) is 37.6 Å². The minimum atomic E-state index is -0.824.